The monoisotopic (exact) mass is 242 g/mol. The predicted molar refractivity (Wildman–Crippen MR) is 77.0 cm³/mol. The topological polar surface area (TPSA) is 17.0 Å². The average Bonchev–Trinajstić information content (AvgIpc) is 2.85. The Hall–Kier alpha value is -1.28. The Kier molecular flexibility index (Phi) is 2.53. The molecule has 0 saturated carbocycles. The van der Waals surface area contributed by atoms with Crippen LogP contribution in [0.15, 0.2) is 18.2 Å². The summed E-state index contributed by atoms with van der Waals surface area (Å²) in [5, 5.41) is 5.12. The fourth-order valence-corrected chi connectivity index (χ4v) is 3.49. The highest BCUT2D eigenvalue weighted by Crippen LogP contribution is 2.38. The normalized spacial score (nSPS) is 24.0. The van der Waals surface area contributed by atoms with Crippen molar-refractivity contribution in [3.05, 3.63) is 35.0 Å². The number of nitrogens with zero attached hydrogens (tertiary/aromatic N) is 1. The van der Waals surface area contributed by atoms with E-state index in [1.165, 1.54) is 40.6 Å². The van der Waals surface area contributed by atoms with Gasteiger partial charge in [-0.1, -0.05) is 11.6 Å². The van der Waals surface area contributed by atoms with E-state index in [1.54, 1.807) is 0 Å². The summed E-state index contributed by atoms with van der Waals surface area (Å²) in [7, 11) is 2.18. The molecule has 0 amide bonds. The van der Waals surface area contributed by atoms with Crippen molar-refractivity contribution in [2.75, 3.05) is 6.54 Å². The smallest absolute Gasteiger partial charge is 0.0483 e. The SMILES string of the molecule is Cc1ccc2c(c1)c(C1(C)CCCN1)c(C)n2C. The van der Waals surface area contributed by atoms with Gasteiger partial charge < -0.3 is 9.88 Å². The van der Waals surface area contributed by atoms with Gasteiger partial charge in [-0.3, -0.25) is 0 Å². The van der Waals surface area contributed by atoms with Crippen LogP contribution in [0.25, 0.3) is 10.9 Å². The van der Waals surface area contributed by atoms with Crippen LogP contribution < -0.4 is 5.32 Å². The zero-order valence-corrected chi connectivity index (χ0v) is 11.8. The van der Waals surface area contributed by atoms with Crippen LogP contribution in [0.5, 0.6) is 0 Å². The third-order valence-corrected chi connectivity index (χ3v) is 4.57. The van der Waals surface area contributed by atoms with Crippen molar-refractivity contribution < 1.29 is 0 Å². The van der Waals surface area contributed by atoms with Crippen molar-refractivity contribution in [2.45, 2.75) is 39.2 Å². The van der Waals surface area contributed by atoms with Crippen LogP contribution in [0.2, 0.25) is 0 Å². The maximum absolute atomic E-state index is 3.70. The maximum atomic E-state index is 3.70. The van der Waals surface area contributed by atoms with Gasteiger partial charge in [0.15, 0.2) is 0 Å². The van der Waals surface area contributed by atoms with Gasteiger partial charge in [-0.25, -0.2) is 0 Å². The highest BCUT2D eigenvalue weighted by molar-refractivity contribution is 5.87. The molecule has 2 aromatic rings. The fraction of sp³-hybridized carbons (Fsp3) is 0.500. The molecule has 3 rings (SSSR count). The fourth-order valence-electron chi connectivity index (χ4n) is 3.49. The molecule has 1 fully saturated rings. The Balaban J connectivity index is 2.34. The first-order chi connectivity index (χ1) is 8.53. The molecule has 2 heteroatoms. The highest BCUT2D eigenvalue weighted by Gasteiger charge is 2.34. The molecule has 1 aromatic carbocycles. The Morgan fingerprint density at radius 1 is 1.28 bits per heavy atom. The van der Waals surface area contributed by atoms with E-state index < -0.39 is 0 Å². The van der Waals surface area contributed by atoms with Crippen LogP contribution in [-0.4, -0.2) is 11.1 Å². The van der Waals surface area contributed by atoms with E-state index in [2.05, 4.69) is 55.9 Å². The number of aryl methyl sites for hydroxylation is 2. The molecule has 1 atom stereocenters. The molecular weight excluding hydrogens is 220 g/mol. The minimum atomic E-state index is 0.150. The van der Waals surface area contributed by atoms with Gasteiger partial charge in [0.2, 0.25) is 0 Å². The largest absolute Gasteiger partial charge is 0.348 e. The molecule has 2 nitrogen and oxygen atoms in total. The Morgan fingerprint density at radius 3 is 2.72 bits per heavy atom. The number of hydrogen-bond donors (Lipinski definition) is 1. The van der Waals surface area contributed by atoms with Gasteiger partial charge in [0.25, 0.3) is 0 Å². The molecule has 2 heterocycles. The van der Waals surface area contributed by atoms with Crippen LogP contribution in [0, 0.1) is 13.8 Å². The van der Waals surface area contributed by atoms with Gasteiger partial charge in [-0.05, 0) is 52.3 Å². The Bertz CT molecular complexity index is 601. The Morgan fingerprint density at radius 2 is 2.06 bits per heavy atom. The maximum Gasteiger partial charge on any atom is 0.0483 e. The number of nitrogens with one attached hydrogen (secondary N) is 1. The zero-order chi connectivity index (χ0) is 12.9. The van der Waals surface area contributed by atoms with Crippen molar-refractivity contribution >= 4 is 10.9 Å². The lowest BCUT2D eigenvalue weighted by Crippen LogP contribution is -2.33. The standard InChI is InChI=1S/C16H22N2/c1-11-6-7-14-13(10-11)15(12(2)18(14)4)16(3)8-5-9-17-16/h6-7,10,17H,5,8-9H2,1-4H3. The summed E-state index contributed by atoms with van der Waals surface area (Å²) in [6.07, 6.45) is 2.51. The molecule has 1 N–H and O–H groups in total. The van der Waals surface area contributed by atoms with Crippen molar-refractivity contribution in [3.8, 4) is 0 Å². The molecule has 1 unspecified atom stereocenters. The van der Waals surface area contributed by atoms with E-state index in [-0.39, 0.29) is 5.54 Å². The van der Waals surface area contributed by atoms with Gasteiger partial charge in [-0.15, -0.1) is 0 Å². The minimum absolute atomic E-state index is 0.150. The van der Waals surface area contributed by atoms with E-state index in [0.717, 1.165) is 6.54 Å². The van der Waals surface area contributed by atoms with Crippen LogP contribution >= 0.6 is 0 Å². The van der Waals surface area contributed by atoms with Crippen LogP contribution in [0.1, 0.15) is 36.6 Å². The summed E-state index contributed by atoms with van der Waals surface area (Å²) in [6, 6.07) is 6.79. The van der Waals surface area contributed by atoms with E-state index in [1.807, 2.05) is 0 Å². The summed E-state index contributed by atoms with van der Waals surface area (Å²) >= 11 is 0. The van der Waals surface area contributed by atoms with Crippen LogP contribution in [0.3, 0.4) is 0 Å². The lowest BCUT2D eigenvalue weighted by molar-refractivity contribution is 0.434. The molecule has 96 valence electrons. The second-order valence-electron chi connectivity index (χ2n) is 5.90. The molecule has 1 saturated heterocycles. The molecular formula is C16H22N2. The number of hydrogen-bond acceptors (Lipinski definition) is 1. The zero-order valence-electron chi connectivity index (χ0n) is 11.8. The van der Waals surface area contributed by atoms with Crippen molar-refractivity contribution in [3.63, 3.8) is 0 Å². The lowest BCUT2D eigenvalue weighted by atomic mass is 9.88. The quantitative estimate of drug-likeness (QED) is 0.811. The first kappa shape index (κ1) is 11.8. The van der Waals surface area contributed by atoms with E-state index in [9.17, 15) is 0 Å². The van der Waals surface area contributed by atoms with Crippen molar-refractivity contribution in [1.82, 2.24) is 9.88 Å². The number of benzene rings is 1. The summed E-state index contributed by atoms with van der Waals surface area (Å²) in [6.45, 7) is 7.91. The molecule has 18 heavy (non-hydrogen) atoms. The van der Waals surface area contributed by atoms with Gasteiger partial charge in [0.1, 0.15) is 0 Å². The van der Waals surface area contributed by atoms with Gasteiger partial charge in [0, 0.05) is 34.7 Å². The number of rotatable bonds is 1. The third kappa shape index (κ3) is 1.52. The average molecular weight is 242 g/mol. The van der Waals surface area contributed by atoms with Gasteiger partial charge >= 0.3 is 0 Å². The van der Waals surface area contributed by atoms with Gasteiger partial charge in [-0.2, -0.15) is 0 Å². The van der Waals surface area contributed by atoms with E-state index >= 15 is 0 Å². The Labute approximate surface area is 109 Å². The van der Waals surface area contributed by atoms with Crippen LogP contribution in [-0.2, 0) is 12.6 Å². The summed E-state index contributed by atoms with van der Waals surface area (Å²) in [5.41, 5.74) is 5.74. The molecule has 1 aromatic heterocycles. The molecule has 0 spiro atoms. The number of fused-ring (bicyclic) bond motifs is 1. The van der Waals surface area contributed by atoms with E-state index in [0.29, 0.717) is 0 Å². The molecule has 1 aliphatic rings. The molecule has 1 aliphatic heterocycles. The van der Waals surface area contributed by atoms with Crippen molar-refractivity contribution in [2.24, 2.45) is 7.05 Å². The second-order valence-corrected chi connectivity index (χ2v) is 5.90. The van der Waals surface area contributed by atoms with E-state index in [4.69, 9.17) is 0 Å². The van der Waals surface area contributed by atoms with Gasteiger partial charge in [0.05, 0.1) is 0 Å². The number of aromatic nitrogens is 1. The molecule has 0 radical (unpaired) electrons. The predicted octanol–water partition coefficient (Wildman–Crippen LogP) is 3.39. The second kappa shape index (κ2) is 3.86. The lowest BCUT2D eigenvalue weighted by Gasteiger charge is -2.25. The summed E-state index contributed by atoms with van der Waals surface area (Å²) in [5.74, 6) is 0. The van der Waals surface area contributed by atoms with Crippen molar-refractivity contribution in [1.29, 1.82) is 0 Å². The third-order valence-electron chi connectivity index (χ3n) is 4.57. The first-order valence-electron chi connectivity index (χ1n) is 6.84. The highest BCUT2D eigenvalue weighted by atomic mass is 15.0. The first-order valence-corrected chi connectivity index (χ1v) is 6.84. The summed E-state index contributed by atoms with van der Waals surface area (Å²) < 4.78 is 2.33. The molecule has 0 bridgehead atoms. The molecule has 0 aliphatic carbocycles. The van der Waals surface area contributed by atoms with Crippen LogP contribution in [0.4, 0.5) is 0 Å². The minimum Gasteiger partial charge on any atom is -0.348 e. The summed E-state index contributed by atoms with van der Waals surface area (Å²) in [4.78, 5) is 0.